The zero-order chi connectivity index (χ0) is 28.0. The Bertz CT molecular complexity index is 1150. The number of fused-ring (bicyclic) bond motifs is 1. The average molecular weight is 578 g/mol. The third-order valence-corrected chi connectivity index (χ3v) is 6.22. The van der Waals surface area contributed by atoms with E-state index >= 15 is 0 Å². The second kappa shape index (κ2) is 13.3. The molecule has 1 aliphatic rings. The van der Waals surface area contributed by atoms with Crippen molar-refractivity contribution < 1.29 is 57.9 Å². The largest absolute Gasteiger partial charge is 0.489 e. The van der Waals surface area contributed by atoms with Crippen molar-refractivity contribution in [2.75, 3.05) is 29.8 Å². The van der Waals surface area contributed by atoms with Gasteiger partial charge in [-0.25, -0.2) is 13.4 Å². The molecule has 1 aliphatic heterocycles. The number of hydrogen-bond donors (Lipinski definition) is 2. The molecule has 0 spiro atoms. The first-order chi connectivity index (χ1) is 17.2. The average Bonchev–Trinajstić information content (AvgIpc) is 2.83. The molecule has 216 valence electrons. The molecule has 1 unspecified atom stereocenters. The van der Waals surface area contributed by atoms with Crippen LogP contribution in [0.25, 0.3) is 0 Å². The van der Waals surface area contributed by atoms with Crippen LogP contribution in [0.15, 0.2) is 47.4 Å². The third kappa shape index (κ3) is 8.24. The van der Waals surface area contributed by atoms with Gasteiger partial charge in [0.25, 0.3) is 0 Å². The van der Waals surface area contributed by atoms with Crippen LogP contribution in [0.3, 0.4) is 0 Å². The van der Waals surface area contributed by atoms with Crippen LogP contribution in [0.1, 0.15) is 16.7 Å². The first kappa shape index (κ1) is 32.5. The van der Waals surface area contributed by atoms with Crippen LogP contribution in [0.4, 0.5) is 42.5 Å². The van der Waals surface area contributed by atoms with E-state index in [1.54, 1.807) is 7.05 Å². The predicted octanol–water partition coefficient (Wildman–Crippen LogP) is 4.30. The minimum Gasteiger partial charge on any atom is -0.489 e. The van der Waals surface area contributed by atoms with E-state index in [1.807, 2.05) is 0 Å². The first-order valence-corrected chi connectivity index (χ1v) is 11.6. The molecule has 0 bridgehead atoms. The Kier molecular flexibility index (Phi) is 11.4. The number of halogens is 6. The Labute approximate surface area is 219 Å². The van der Waals surface area contributed by atoms with Gasteiger partial charge in [-0.3, -0.25) is 14.4 Å². The van der Waals surface area contributed by atoms with E-state index in [4.69, 9.17) is 4.74 Å². The minimum atomic E-state index is -5.89. The molecule has 9 nitrogen and oxygen atoms in total. The number of anilines is 2. The molecule has 2 aromatic carbocycles. The summed E-state index contributed by atoms with van der Waals surface area (Å²) in [7, 11) is -0.173. The monoisotopic (exact) mass is 577 g/mol. The lowest BCUT2D eigenvalue weighted by Gasteiger charge is -2.30. The Hall–Kier alpha value is -3.53. The van der Waals surface area contributed by atoms with E-state index in [0.29, 0.717) is 17.6 Å². The summed E-state index contributed by atoms with van der Waals surface area (Å²) in [6, 6.07) is 8.94. The standard InChI is InChI=1S/C19H16F6N2O4S.C3H7NO.H2O.2H2/c1-11(18(21,22)19(23,24)25)31-17(28)26-13-4-7-16-15(10-13)27(8-9-30-16)32(29)14-5-2-12(20)3-6-14;1-3(5)4-2;;;/h2-7,10-11H,8-9H2,1H3,(H,26,28);1-2H3,(H,4,5);1H2;2*1H/t11-,32?;;;;/m0..../s1. The van der Waals surface area contributed by atoms with E-state index in [9.17, 15) is 40.1 Å². The molecule has 0 aliphatic carbocycles. The van der Waals surface area contributed by atoms with E-state index in [-0.39, 0.29) is 38.8 Å². The van der Waals surface area contributed by atoms with Crippen LogP contribution in [0.2, 0.25) is 0 Å². The highest BCUT2D eigenvalue weighted by Gasteiger charge is 2.62. The number of alkyl halides is 5. The molecule has 2 amide bonds. The SMILES string of the molecule is CNC(C)=O.C[C@H](OC(=O)Nc1ccc2c(c1)N(S(=O)c1ccc(F)cc1)CCO2)C(F)(F)C(F)(F)F.O.[HH].[HH]. The van der Waals surface area contributed by atoms with Crippen LogP contribution in [0.5, 0.6) is 5.75 Å². The number of amides is 2. The molecule has 0 aromatic heterocycles. The Balaban J connectivity index is 0. The topological polar surface area (TPSA) is 128 Å². The summed E-state index contributed by atoms with van der Waals surface area (Å²) in [5.74, 6) is -5.45. The van der Waals surface area contributed by atoms with Crippen LogP contribution < -0.4 is 19.7 Å². The van der Waals surface area contributed by atoms with Crippen molar-refractivity contribution in [2.45, 2.75) is 36.9 Å². The lowest BCUT2D eigenvalue weighted by molar-refractivity contribution is -0.308. The molecule has 4 N–H and O–H groups in total. The van der Waals surface area contributed by atoms with Gasteiger partial charge in [-0.1, -0.05) is 0 Å². The van der Waals surface area contributed by atoms with E-state index < -0.39 is 41.1 Å². The van der Waals surface area contributed by atoms with Gasteiger partial charge in [0.15, 0.2) is 17.1 Å². The molecule has 0 saturated heterocycles. The molecule has 2 aromatic rings. The van der Waals surface area contributed by atoms with Crippen molar-refractivity contribution >= 4 is 34.4 Å². The fourth-order valence-electron chi connectivity index (χ4n) is 2.73. The van der Waals surface area contributed by atoms with E-state index in [0.717, 1.165) is 12.1 Å². The van der Waals surface area contributed by atoms with Gasteiger partial charge >= 0.3 is 18.2 Å². The highest BCUT2D eigenvalue weighted by Crippen LogP contribution is 2.40. The van der Waals surface area contributed by atoms with Gasteiger partial charge in [0.2, 0.25) is 5.91 Å². The van der Waals surface area contributed by atoms with Gasteiger partial charge in [-0.2, -0.15) is 22.0 Å². The van der Waals surface area contributed by atoms with Gasteiger partial charge in [0.05, 0.1) is 17.1 Å². The maximum Gasteiger partial charge on any atom is 0.457 e. The maximum absolute atomic E-state index is 13.3. The number of benzene rings is 2. The molecule has 0 radical (unpaired) electrons. The van der Waals surface area contributed by atoms with Gasteiger partial charge in [0.1, 0.15) is 18.2 Å². The highest BCUT2D eigenvalue weighted by atomic mass is 32.2. The maximum atomic E-state index is 13.3. The summed E-state index contributed by atoms with van der Waals surface area (Å²) in [5.41, 5.74) is 0.230. The van der Waals surface area contributed by atoms with Crippen molar-refractivity contribution in [3.05, 3.63) is 48.3 Å². The number of rotatable bonds is 5. The Morgan fingerprint density at radius 1 is 1.13 bits per heavy atom. The number of ether oxygens (including phenoxy) is 2. The quantitative estimate of drug-likeness (QED) is 0.512. The molecule has 3 rings (SSSR count). The number of nitrogens with one attached hydrogen (secondary N) is 2. The summed E-state index contributed by atoms with van der Waals surface area (Å²) < 4.78 is 101. The fraction of sp³-hybridized carbons (Fsp3) is 0.364. The van der Waals surface area contributed by atoms with Gasteiger partial charge < -0.3 is 20.3 Å². The molecule has 16 heteroatoms. The van der Waals surface area contributed by atoms with Crippen molar-refractivity contribution in [1.29, 1.82) is 0 Å². The zero-order valence-corrected chi connectivity index (χ0v) is 21.0. The summed E-state index contributed by atoms with van der Waals surface area (Å²) in [5, 5.41) is 4.45. The fourth-order valence-corrected chi connectivity index (χ4v) is 3.92. The first-order valence-electron chi connectivity index (χ1n) is 10.5. The second-order valence-corrected chi connectivity index (χ2v) is 8.85. The lowest BCUT2D eigenvalue weighted by Crippen LogP contribution is -2.48. The summed E-state index contributed by atoms with van der Waals surface area (Å²) >= 11 is 0. The summed E-state index contributed by atoms with van der Waals surface area (Å²) in [6.07, 6.45) is -10.2. The molecular formula is C22H29F6N3O6S. The van der Waals surface area contributed by atoms with Crippen LogP contribution >= 0.6 is 0 Å². The predicted molar refractivity (Wildman–Crippen MR) is 130 cm³/mol. The van der Waals surface area contributed by atoms with Crippen molar-refractivity contribution in [3.63, 3.8) is 0 Å². The van der Waals surface area contributed by atoms with Crippen molar-refractivity contribution in [2.24, 2.45) is 0 Å². The molecule has 0 fully saturated rings. The summed E-state index contributed by atoms with van der Waals surface area (Å²) in [6.45, 7) is 2.24. The Morgan fingerprint density at radius 3 is 2.24 bits per heavy atom. The number of hydrogen-bond acceptors (Lipinski definition) is 5. The van der Waals surface area contributed by atoms with Gasteiger partial charge in [-0.05, 0) is 49.4 Å². The molecule has 0 saturated carbocycles. The minimum absolute atomic E-state index is 0. The normalized spacial score (nSPS) is 14.3. The van der Waals surface area contributed by atoms with E-state index in [2.05, 4.69) is 15.4 Å². The van der Waals surface area contributed by atoms with Crippen molar-refractivity contribution in [1.82, 2.24) is 5.32 Å². The number of carbonyl (C=O) groups is 2. The molecular weight excluding hydrogens is 548 g/mol. The number of nitrogens with zero attached hydrogens (tertiary/aromatic N) is 1. The van der Waals surface area contributed by atoms with Crippen LogP contribution in [-0.2, 0) is 20.5 Å². The molecule has 1 heterocycles. The third-order valence-electron chi connectivity index (χ3n) is 4.77. The van der Waals surface area contributed by atoms with Crippen molar-refractivity contribution in [3.8, 4) is 5.75 Å². The second-order valence-electron chi connectivity index (χ2n) is 7.44. The zero-order valence-electron chi connectivity index (χ0n) is 20.2. The highest BCUT2D eigenvalue weighted by molar-refractivity contribution is 7.86. The lowest BCUT2D eigenvalue weighted by atomic mass is 10.2. The molecule has 2 atom stereocenters. The molecule has 38 heavy (non-hydrogen) atoms. The Morgan fingerprint density at radius 2 is 1.71 bits per heavy atom. The summed E-state index contributed by atoms with van der Waals surface area (Å²) in [4.78, 5) is 21.9. The van der Waals surface area contributed by atoms with Crippen LogP contribution in [0, 0.1) is 5.82 Å². The van der Waals surface area contributed by atoms with E-state index in [1.165, 1.54) is 41.6 Å². The van der Waals surface area contributed by atoms with Gasteiger partial charge in [0, 0.05) is 22.5 Å². The number of carbonyl (C=O) groups excluding carboxylic acids is 2. The van der Waals surface area contributed by atoms with Crippen LogP contribution in [-0.4, -0.2) is 60.1 Å². The van der Waals surface area contributed by atoms with Gasteiger partial charge in [-0.15, -0.1) is 0 Å². The smallest absolute Gasteiger partial charge is 0.457 e.